The molecule has 1 aliphatic carbocycles. The number of rotatable bonds is 5. The monoisotopic (exact) mass is 255 g/mol. The highest BCUT2D eigenvalue weighted by molar-refractivity contribution is 7.99. The summed E-state index contributed by atoms with van der Waals surface area (Å²) < 4.78 is 0. The van der Waals surface area contributed by atoms with Crippen molar-refractivity contribution in [3.8, 4) is 0 Å². The Morgan fingerprint density at radius 3 is 3.06 bits per heavy atom. The topological polar surface area (TPSA) is 12.0 Å². The highest BCUT2D eigenvalue weighted by Gasteiger charge is 2.23. The van der Waals surface area contributed by atoms with Crippen LogP contribution < -0.4 is 5.32 Å². The van der Waals surface area contributed by atoms with E-state index >= 15 is 0 Å². The summed E-state index contributed by atoms with van der Waals surface area (Å²) >= 11 is 3.91. The van der Waals surface area contributed by atoms with Crippen LogP contribution in [0.25, 0.3) is 0 Å². The van der Waals surface area contributed by atoms with Crippen LogP contribution in [-0.2, 0) is 6.42 Å². The molecule has 0 radical (unpaired) electrons. The Balaban J connectivity index is 1.71. The summed E-state index contributed by atoms with van der Waals surface area (Å²) in [7, 11) is 0. The lowest BCUT2D eigenvalue weighted by atomic mass is 9.95. The second-order valence-corrected chi connectivity index (χ2v) is 6.56. The summed E-state index contributed by atoms with van der Waals surface area (Å²) in [6.07, 6.45) is 9.05. The van der Waals surface area contributed by atoms with Gasteiger partial charge < -0.3 is 5.32 Å². The van der Waals surface area contributed by atoms with E-state index in [2.05, 4.69) is 29.1 Å². The van der Waals surface area contributed by atoms with Gasteiger partial charge in [-0.15, -0.1) is 11.3 Å². The number of thioether (sulfide) groups is 1. The maximum Gasteiger partial charge on any atom is 0.0198 e. The standard InChI is InChI=1S/C13H21NS2/c1-15-13-7-3-2-6-12(13)14-9-8-11-5-4-10-16-11/h4-5,10,12-14H,2-3,6-9H2,1H3. The van der Waals surface area contributed by atoms with E-state index in [4.69, 9.17) is 0 Å². The maximum absolute atomic E-state index is 3.75. The van der Waals surface area contributed by atoms with E-state index in [1.54, 1.807) is 0 Å². The molecule has 0 saturated heterocycles. The fraction of sp³-hybridized carbons (Fsp3) is 0.692. The Labute approximate surface area is 107 Å². The average molecular weight is 255 g/mol. The van der Waals surface area contributed by atoms with E-state index in [9.17, 15) is 0 Å². The lowest BCUT2D eigenvalue weighted by Crippen LogP contribution is -2.41. The molecule has 0 aliphatic heterocycles. The van der Waals surface area contributed by atoms with E-state index in [0.29, 0.717) is 0 Å². The van der Waals surface area contributed by atoms with Crippen molar-refractivity contribution in [1.82, 2.24) is 5.32 Å². The molecule has 1 saturated carbocycles. The third-order valence-corrected chi connectivity index (χ3v) is 5.47. The Hall–Kier alpha value is 0.01000. The molecule has 0 bridgehead atoms. The molecule has 2 atom stereocenters. The van der Waals surface area contributed by atoms with Crippen molar-refractivity contribution in [1.29, 1.82) is 0 Å². The number of thiophene rings is 1. The van der Waals surface area contributed by atoms with Gasteiger partial charge in [0.2, 0.25) is 0 Å². The molecule has 0 spiro atoms. The van der Waals surface area contributed by atoms with Gasteiger partial charge in [-0.2, -0.15) is 11.8 Å². The molecule has 0 amide bonds. The minimum absolute atomic E-state index is 0.753. The van der Waals surface area contributed by atoms with E-state index < -0.39 is 0 Å². The Bertz CT molecular complexity index is 284. The Morgan fingerprint density at radius 2 is 2.31 bits per heavy atom. The maximum atomic E-state index is 3.75. The SMILES string of the molecule is CSC1CCCCC1NCCc1cccs1. The summed E-state index contributed by atoms with van der Waals surface area (Å²) in [4.78, 5) is 1.50. The minimum atomic E-state index is 0.753. The van der Waals surface area contributed by atoms with Crippen molar-refractivity contribution in [2.45, 2.75) is 43.4 Å². The molecule has 1 nitrogen and oxygen atoms in total. The van der Waals surface area contributed by atoms with Crippen molar-refractivity contribution < 1.29 is 0 Å². The Kier molecular flexibility index (Phi) is 5.20. The third kappa shape index (κ3) is 3.51. The van der Waals surface area contributed by atoms with Crippen LogP contribution in [0.4, 0.5) is 0 Å². The smallest absolute Gasteiger partial charge is 0.0198 e. The van der Waals surface area contributed by atoms with E-state index in [1.807, 2.05) is 23.1 Å². The first kappa shape index (κ1) is 12.5. The van der Waals surface area contributed by atoms with Crippen LogP contribution >= 0.6 is 23.1 Å². The van der Waals surface area contributed by atoms with Crippen LogP contribution in [0.15, 0.2) is 17.5 Å². The zero-order chi connectivity index (χ0) is 11.2. The van der Waals surface area contributed by atoms with E-state index in [-0.39, 0.29) is 0 Å². The molecule has 1 aromatic rings. The lowest BCUT2D eigenvalue weighted by Gasteiger charge is -2.31. The van der Waals surface area contributed by atoms with Gasteiger partial charge in [-0.1, -0.05) is 18.9 Å². The zero-order valence-electron chi connectivity index (χ0n) is 9.95. The summed E-state index contributed by atoms with van der Waals surface area (Å²) in [6, 6.07) is 5.13. The molecular weight excluding hydrogens is 234 g/mol. The number of nitrogens with one attached hydrogen (secondary N) is 1. The van der Waals surface area contributed by atoms with Gasteiger partial charge >= 0.3 is 0 Å². The first-order valence-corrected chi connectivity index (χ1v) is 8.35. The van der Waals surface area contributed by atoms with Gasteiger partial charge in [0.25, 0.3) is 0 Å². The molecule has 1 aliphatic rings. The van der Waals surface area contributed by atoms with E-state index in [1.165, 1.54) is 37.0 Å². The number of hydrogen-bond acceptors (Lipinski definition) is 3. The highest BCUT2D eigenvalue weighted by Crippen LogP contribution is 2.27. The van der Waals surface area contributed by atoms with Crippen molar-refractivity contribution in [2.24, 2.45) is 0 Å². The summed E-state index contributed by atoms with van der Waals surface area (Å²) in [5, 5.41) is 6.76. The average Bonchev–Trinajstić information content (AvgIpc) is 2.83. The number of hydrogen-bond donors (Lipinski definition) is 1. The third-order valence-electron chi connectivity index (χ3n) is 3.36. The van der Waals surface area contributed by atoms with Gasteiger partial charge in [0.05, 0.1) is 0 Å². The molecule has 2 rings (SSSR count). The zero-order valence-corrected chi connectivity index (χ0v) is 11.6. The summed E-state index contributed by atoms with van der Waals surface area (Å²) in [5.41, 5.74) is 0. The molecule has 1 N–H and O–H groups in total. The van der Waals surface area contributed by atoms with Gasteiger partial charge in [0.1, 0.15) is 0 Å². The van der Waals surface area contributed by atoms with Crippen LogP contribution in [0.5, 0.6) is 0 Å². The predicted octanol–water partition coefficient (Wildman–Crippen LogP) is 3.55. The van der Waals surface area contributed by atoms with Crippen molar-refractivity contribution in [2.75, 3.05) is 12.8 Å². The van der Waals surface area contributed by atoms with Gasteiger partial charge in [-0.3, -0.25) is 0 Å². The van der Waals surface area contributed by atoms with Crippen LogP contribution in [0.3, 0.4) is 0 Å². The molecule has 3 heteroatoms. The summed E-state index contributed by atoms with van der Waals surface area (Å²) in [5.74, 6) is 0. The molecule has 2 unspecified atom stereocenters. The first-order chi connectivity index (χ1) is 7.90. The molecule has 1 aromatic heterocycles. The van der Waals surface area contributed by atoms with Gasteiger partial charge in [-0.25, -0.2) is 0 Å². The predicted molar refractivity (Wildman–Crippen MR) is 75.6 cm³/mol. The molecular formula is C13H21NS2. The molecule has 1 fully saturated rings. The van der Waals surface area contributed by atoms with Crippen molar-refractivity contribution >= 4 is 23.1 Å². The van der Waals surface area contributed by atoms with Gasteiger partial charge in [0.15, 0.2) is 0 Å². The van der Waals surface area contributed by atoms with Crippen LogP contribution in [0.1, 0.15) is 30.6 Å². The van der Waals surface area contributed by atoms with Gasteiger partial charge in [-0.05, 0) is 37.0 Å². The second kappa shape index (κ2) is 6.67. The molecule has 1 heterocycles. The highest BCUT2D eigenvalue weighted by atomic mass is 32.2. The Morgan fingerprint density at radius 1 is 1.44 bits per heavy atom. The van der Waals surface area contributed by atoms with Gasteiger partial charge in [0, 0.05) is 22.7 Å². The fourth-order valence-electron chi connectivity index (χ4n) is 2.45. The second-order valence-electron chi connectivity index (χ2n) is 4.45. The molecule has 90 valence electrons. The summed E-state index contributed by atoms with van der Waals surface area (Å²) in [6.45, 7) is 1.14. The van der Waals surface area contributed by atoms with Crippen molar-refractivity contribution in [3.63, 3.8) is 0 Å². The first-order valence-electron chi connectivity index (χ1n) is 6.18. The van der Waals surface area contributed by atoms with Crippen LogP contribution in [-0.4, -0.2) is 24.1 Å². The fourth-order valence-corrected chi connectivity index (χ4v) is 4.12. The molecule has 16 heavy (non-hydrogen) atoms. The van der Waals surface area contributed by atoms with E-state index in [0.717, 1.165) is 17.8 Å². The van der Waals surface area contributed by atoms with Crippen LogP contribution in [0, 0.1) is 0 Å². The van der Waals surface area contributed by atoms with Crippen molar-refractivity contribution in [3.05, 3.63) is 22.4 Å². The molecule has 0 aromatic carbocycles. The van der Waals surface area contributed by atoms with Crippen LogP contribution in [0.2, 0.25) is 0 Å². The normalized spacial score (nSPS) is 25.8. The minimum Gasteiger partial charge on any atom is -0.313 e. The lowest BCUT2D eigenvalue weighted by molar-refractivity contribution is 0.386. The quantitative estimate of drug-likeness (QED) is 0.863. The largest absolute Gasteiger partial charge is 0.313 e.